The summed E-state index contributed by atoms with van der Waals surface area (Å²) in [5, 5.41) is 18.1. The van der Waals surface area contributed by atoms with Gasteiger partial charge in [0.05, 0.1) is 10.8 Å². The smallest absolute Gasteiger partial charge is 0.309 e. The summed E-state index contributed by atoms with van der Waals surface area (Å²) in [5.74, 6) is -1.26. The molecule has 0 atom stereocenters. The maximum absolute atomic E-state index is 11.0. The lowest BCUT2D eigenvalue weighted by Gasteiger charge is -2.10. The predicted molar refractivity (Wildman–Crippen MR) is 81.7 cm³/mol. The van der Waals surface area contributed by atoms with Gasteiger partial charge in [0.15, 0.2) is 0 Å². The van der Waals surface area contributed by atoms with Gasteiger partial charge in [-0.25, -0.2) is 0 Å². The Morgan fingerprint density at radius 2 is 1.14 bits per heavy atom. The van der Waals surface area contributed by atoms with E-state index in [9.17, 15) is 9.59 Å². The number of carboxylic acid groups (broad SMARTS) is 2. The van der Waals surface area contributed by atoms with E-state index in [1.165, 1.54) is 0 Å². The first-order valence-corrected chi connectivity index (χ1v) is 8.55. The molecule has 0 amide bonds. The summed E-state index contributed by atoms with van der Waals surface area (Å²) in [6.45, 7) is 1.43. The molecule has 0 aliphatic heterocycles. The number of hydrogen-bond donors (Lipinski definition) is 2. The normalized spacial score (nSPS) is 20.5. The highest BCUT2D eigenvalue weighted by atomic mass is 16.5. The zero-order valence-corrected chi connectivity index (χ0v) is 13.3. The second-order valence-electron chi connectivity index (χ2n) is 7.05. The third-order valence-electron chi connectivity index (χ3n) is 5.25. The average Bonchev–Trinajstić information content (AvgIpc) is 3.35. The summed E-state index contributed by atoms with van der Waals surface area (Å²) in [4.78, 5) is 22.0. The minimum atomic E-state index is -0.636. The molecule has 0 spiro atoms. The number of carboxylic acids is 2. The van der Waals surface area contributed by atoms with E-state index in [0.29, 0.717) is 6.61 Å². The summed E-state index contributed by atoms with van der Waals surface area (Å²) < 4.78 is 5.56. The van der Waals surface area contributed by atoms with Crippen LogP contribution in [0.1, 0.15) is 70.6 Å². The van der Waals surface area contributed by atoms with Crippen molar-refractivity contribution in [2.75, 3.05) is 13.2 Å². The molecule has 2 fully saturated rings. The monoisotopic (exact) mass is 312 g/mol. The van der Waals surface area contributed by atoms with E-state index in [0.717, 1.165) is 77.2 Å². The highest BCUT2D eigenvalue weighted by Gasteiger charge is 2.49. The molecule has 0 aromatic carbocycles. The van der Waals surface area contributed by atoms with Crippen LogP contribution < -0.4 is 0 Å². The highest BCUT2D eigenvalue weighted by molar-refractivity contribution is 5.78. The second-order valence-corrected chi connectivity index (χ2v) is 7.05. The Hall–Kier alpha value is -1.10. The first-order chi connectivity index (χ1) is 10.5. The van der Waals surface area contributed by atoms with E-state index in [-0.39, 0.29) is 5.41 Å². The molecule has 2 N–H and O–H groups in total. The van der Waals surface area contributed by atoms with Crippen LogP contribution in [0.5, 0.6) is 0 Å². The third kappa shape index (κ3) is 4.70. The van der Waals surface area contributed by atoms with E-state index in [1.54, 1.807) is 0 Å². The van der Waals surface area contributed by atoms with Crippen LogP contribution in [-0.4, -0.2) is 35.4 Å². The van der Waals surface area contributed by atoms with Crippen molar-refractivity contribution >= 4 is 11.9 Å². The van der Waals surface area contributed by atoms with Crippen molar-refractivity contribution in [3.8, 4) is 0 Å². The summed E-state index contributed by atoms with van der Waals surface area (Å²) in [5.41, 5.74) is -0.785. The van der Waals surface area contributed by atoms with Gasteiger partial charge in [-0.1, -0.05) is 19.3 Å². The van der Waals surface area contributed by atoms with Gasteiger partial charge in [-0.2, -0.15) is 0 Å². The maximum atomic E-state index is 11.0. The molecule has 2 rings (SSSR count). The molecule has 5 nitrogen and oxygen atoms in total. The summed E-state index contributed by atoms with van der Waals surface area (Å²) >= 11 is 0. The minimum Gasteiger partial charge on any atom is -0.481 e. The molecule has 0 saturated heterocycles. The Bertz CT molecular complexity index is 358. The fourth-order valence-corrected chi connectivity index (χ4v) is 3.06. The van der Waals surface area contributed by atoms with Crippen LogP contribution in [-0.2, 0) is 14.3 Å². The number of unbranched alkanes of at least 4 members (excludes halogenated alkanes) is 3. The lowest BCUT2D eigenvalue weighted by Crippen LogP contribution is -2.14. The number of hydrogen-bond acceptors (Lipinski definition) is 3. The SMILES string of the molecule is O=C(O)C1(CCCCCOCCCCC2(C(=O)O)CC2)CC1. The molecule has 2 aliphatic rings. The summed E-state index contributed by atoms with van der Waals surface area (Å²) in [6, 6.07) is 0. The first kappa shape index (κ1) is 17.3. The van der Waals surface area contributed by atoms with E-state index in [4.69, 9.17) is 14.9 Å². The van der Waals surface area contributed by atoms with Crippen LogP contribution in [0.3, 0.4) is 0 Å². The van der Waals surface area contributed by atoms with Crippen molar-refractivity contribution in [1.82, 2.24) is 0 Å². The predicted octanol–water partition coefficient (Wildman–Crippen LogP) is 3.46. The van der Waals surface area contributed by atoms with Crippen molar-refractivity contribution in [1.29, 1.82) is 0 Å². The van der Waals surface area contributed by atoms with Gasteiger partial charge < -0.3 is 14.9 Å². The van der Waals surface area contributed by atoms with Crippen molar-refractivity contribution in [2.24, 2.45) is 10.8 Å². The number of carbonyl (C=O) groups is 2. The van der Waals surface area contributed by atoms with E-state index >= 15 is 0 Å². The Morgan fingerprint density at radius 3 is 1.55 bits per heavy atom. The van der Waals surface area contributed by atoms with Gasteiger partial charge in [-0.3, -0.25) is 9.59 Å². The topological polar surface area (TPSA) is 83.8 Å². The molecule has 2 aliphatic carbocycles. The molecule has 0 heterocycles. The molecular weight excluding hydrogens is 284 g/mol. The lowest BCUT2D eigenvalue weighted by atomic mass is 9.99. The van der Waals surface area contributed by atoms with Crippen molar-refractivity contribution in [2.45, 2.75) is 70.6 Å². The number of rotatable bonds is 13. The third-order valence-corrected chi connectivity index (χ3v) is 5.25. The molecule has 0 radical (unpaired) electrons. The fourth-order valence-electron chi connectivity index (χ4n) is 3.06. The summed E-state index contributed by atoms with van der Waals surface area (Å²) in [7, 11) is 0. The molecule has 22 heavy (non-hydrogen) atoms. The molecule has 0 unspecified atom stereocenters. The maximum Gasteiger partial charge on any atom is 0.309 e. The van der Waals surface area contributed by atoms with Crippen LogP contribution >= 0.6 is 0 Å². The van der Waals surface area contributed by atoms with Crippen LogP contribution in [0, 0.1) is 10.8 Å². The molecule has 126 valence electrons. The van der Waals surface area contributed by atoms with Crippen molar-refractivity contribution in [3.05, 3.63) is 0 Å². The van der Waals surface area contributed by atoms with Crippen molar-refractivity contribution < 1.29 is 24.5 Å². The first-order valence-electron chi connectivity index (χ1n) is 8.55. The van der Waals surface area contributed by atoms with Crippen LogP contribution in [0.15, 0.2) is 0 Å². The van der Waals surface area contributed by atoms with Crippen LogP contribution in [0.4, 0.5) is 0 Å². The molecule has 5 heteroatoms. The highest BCUT2D eigenvalue weighted by Crippen LogP contribution is 2.50. The zero-order chi connectivity index (χ0) is 16.1. The largest absolute Gasteiger partial charge is 0.481 e. The minimum absolute atomic E-state index is 0.385. The standard InChI is InChI=1S/C17H28O5/c18-14(19)16(8-9-16)6-2-1-4-12-22-13-5-3-7-17(10-11-17)15(20)21/h1-13H2,(H,18,19)(H,20,21). The van der Waals surface area contributed by atoms with Gasteiger partial charge >= 0.3 is 11.9 Å². The van der Waals surface area contributed by atoms with Crippen molar-refractivity contribution in [3.63, 3.8) is 0 Å². The zero-order valence-electron chi connectivity index (χ0n) is 13.3. The van der Waals surface area contributed by atoms with Gasteiger partial charge in [0.2, 0.25) is 0 Å². The van der Waals surface area contributed by atoms with Crippen LogP contribution in [0.2, 0.25) is 0 Å². The number of ether oxygens (including phenoxy) is 1. The molecule has 2 saturated carbocycles. The Kier molecular flexibility index (Phi) is 5.84. The molecule has 0 aromatic rings. The Labute approximate surface area is 132 Å². The second kappa shape index (κ2) is 7.44. The molecule has 0 bridgehead atoms. The lowest BCUT2D eigenvalue weighted by molar-refractivity contribution is -0.144. The van der Waals surface area contributed by atoms with Gasteiger partial charge in [-0.15, -0.1) is 0 Å². The average molecular weight is 312 g/mol. The van der Waals surface area contributed by atoms with Gasteiger partial charge in [0.1, 0.15) is 0 Å². The summed E-state index contributed by atoms with van der Waals surface area (Å²) in [6.07, 6.45) is 9.77. The fraction of sp³-hybridized carbons (Fsp3) is 0.882. The quantitative estimate of drug-likeness (QED) is 0.509. The van der Waals surface area contributed by atoms with Crippen LogP contribution in [0.25, 0.3) is 0 Å². The molecule has 0 aromatic heterocycles. The number of aliphatic carboxylic acids is 2. The van der Waals surface area contributed by atoms with E-state index < -0.39 is 17.4 Å². The Morgan fingerprint density at radius 1 is 0.727 bits per heavy atom. The van der Waals surface area contributed by atoms with Gasteiger partial charge in [0, 0.05) is 13.2 Å². The Balaban J connectivity index is 1.36. The molecular formula is C17H28O5. The van der Waals surface area contributed by atoms with Gasteiger partial charge in [-0.05, 0) is 51.4 Å². The van der Waals surface area contributed by atoms with Gasteiger partial charge in [0.25, 0.3) is 0 Å². The van der Waals surface area contributed by atoms with E-state index in [2.05, 4.69) is 0 Å². The van der Waals surface area contributed by atoms with E-state index in [1.807, 2.05) is 0 Å².